The van der Waals surface area contributed by atoms with E-state index in [-0.39, 0.29) is 10.7 Å². The number of nitrogens with zero attached hydrogens (tertiary/aromatic N) is 3. The van der Waals surface area contributed by atoms with Crippen LogP contribution in [0.15, 0.2) is 52.9 Å². The van der Waals surface area contributed by atoms with Gasteiger partial charge in [0.2, 0.25) is 10.0 Å². The van der Waals surface area contributed by atoms with Crippen molar-refractivity contribution in [2.75, 3.05) is 13.1 Å². The van der Waals surface area contributed by atoms with Crippen LogP contribution in [-0.4, -0.2) is 34.6 Å². The fourth-order valence-electron chi connectivity index (χ4n) is 3.12. The topological polar surface area (TPSA) is 63.2 Å². The van der Waals surface area contributed by atoms with Crippen molar-refractivity contribution in [1.82, 2.24) is 13.1 Å². The van der Waals surface area contributed by atoms with Crippen molar-refractivity contribution in [3.8, 4) is 0 Å². The van der Waals surface area contributed by atoms with Crippen molar-refractivity contribution in [3.63, 3.8) is 0 Å². The molecule has 134 valence electrons. The Morgan fingerprint density at radius 3 is 2.62 bits per heavy atom. The van der Waals surface area contributed by atoms with Gasteiger partial charge in [0.05, 0.1) is 11.7 Å². The minimum Gasteiger partial charge on any atom is -0.207 e. The number of hydrogen-bond donors (Lipinski definition) is 0. The average Bonchev–Trinajstić information content (AvgIpc) is 3.11. The predicted molar refractivity (Wildman–Crippen MR) is 99.8 cm³/mol. The Balaban J connectivity index is 1.55. The average molecular weight is 389 g/mol. The fraction of sp³-hybridized carbons (Fsp3) is 0.222. The molecule has 8 heteroatoms. The van der Waals surface area contributed by atoms with E-state index in [9.17, 15) is 12.8 Å². The Kier molecular flexibility index (Phi) is 4.56. The van der Waals surface area contributed by atoms with Crippen molar-refractivity contribution >= 4 is 38.9 Å². The lowest BCUT2D eigenvalue weighted by Gasteiger charge is -2.27. The van der Waals surface area contributed by atoms with Gasteiger partial charge in [-0.3, -0.25) is 0 Å². The van der Waals surface area contributed by atoms with Crippen molar-refractivity contribution in [2.24, 2.45) is 0 Å². The molecule has 26 heavy (non-hydrogen) atoms. The molecule has 0 bridgehead atoms. The smallest absolute Gasteiger partial charge is 0.207 e. The summed E-state index contributed by atoms with van der Waals surface area (Å²) in [5.74, 6) is -0.274. The molecule has 0 saturated carbocycles. The Morgan fingerprint density at radius 1 is 1.08 bits per heavy atom. The highest BCUT2D eigenvalue weighted by molar-refractivity contribution is 7.89. The van der Waals surface area contributed by atoms with Gasteiger partial charge in [0.15, 0.2) is 0 Å². The van der Waals surface area contributed by atoms with Gasteiger partial charge in [-0.1, -0.05) is 29.8 Å². The Bertz CT molecular complexity index is 1080. The van der Waals surface area contributed by atoms with Crippen LogP contribution in [0.25, 0.3) is 17.1 Å². The van der Waals surface area contributed by atoms with Crippen molar-refractivity contribution in [1.29, 1.82) is 0 Å². The molecule has 1 aliphatic rings. The zero-order valence-electron chi connectivity index (χ0n) is 13.8. The summed E-state index contributed by atoms with van der Waals surface area (Å²) in [6, 6.07) is 11.4. The molecule has 2 heterocycles. The maximum atomic E-state index is 13.3. The highest BCUT2D eigenvalue weighted by atomic mass is 32.2. The molecule has 1 aromatic heterocycles. The van der Waals surface area contributed by atoms with E-state index in [1.54, 1.807) is 24.3 Å². The number of halogens is 1. The van der Waals surface area contributed by atoms with Crippen LogP contribution in [0, 0.1) is 5.82 Å². The molecule has 0 radical (unpaired) electrons. The normalized spacial score (nSPS) is 16.1. The van der Waals surface area contributed by atoms with E-state index < -0.39 is 10.0 Å². The van der Waals surface area contributed by atoms with Crippen LogP contribution in [0.3, 0.4) is 0 Å². The second-order valence-electron chi connectivity index (χ2n) is 6.15. The largest absolute Gasteiger partial charge is 0.245 e. The van der Waals surface area contributed by atoms with E-state index in [1.807, 2.05) is 12.1 Å². The summed E-state index contributed by atoms with van der Waals surface area (Å²) in [5, 5.41) is 0. The Hall–Kier alpha value is -2.16. The lowest BCUT2D eigenvalue weighted by atomic mass is 10.0. The van der Waals surface area contributed by atoms with E-state index in [4.69, 9.17) is 0 Å². The highest BCUT2D eigenvalue weighted by Gasteiger charge is 2.29. The number of piperidine rings is 1. The lowest BCUT2D eigenvalue weighted by Crippen LogP contribution is -2.36. The van der Waals surface area contributed by atoms with Crippen LogP contribution < -0.4 is 0 Å². The Morgan fingerprint density at radius 2 is 1.85 bits per heavy atom. The molecule has 0 amide bonds. The first kappa shape index (κ1) is 17.3. The summed E-state index contributed by atoms with van der Waals surface area (Å²) in [7, 11) is -3.61. The van der Waals surface area contributed by atoms with Crippen LogP contribution in [0.4, 0.5) is 4.39 Å². The SMILES string of the molecule is O=S(=O)(c1cccc2nsnc12)N1CCC(=Cc2cccc(F)c2)CC1. The van der Waals surface area contributed by atoms with Crippen molar-refractivity contribution in [2.45, 2.75) is 17.7 Å². The van der Waals surface area contributed by atoms with E-state index in [1.165, 1.54) is 16.4 Å². The molecule has 0 N–H and O–H groups in total. The van der Waals surface area contributed by atoms with Gasteiger partial charge in [0.25, 0.3) is 0 Å². The first-order valence-electron chi connectivity index (χ1n) is 8.20. The molecule has 1 fully saturated rings. The van der Waals surface area contributed by atoms with Crippen molar-refractivity contribution in [3.05, 3.63) is 59.4 Å². The van der Waals surface area contributed by atoms with Gasteiger partial charge >= 0.3 is 0 Å². The van der Waals surface area contributed by atoms with Gasteiger partial charge in [-0.2, -0.15) is 13.1 Å². The summed E-state index contributed by atoms with van der Waals surface area (Å²) in [4.78, 5) is 0.210. The molecule has 4 rings (SSSR count). The zero-order chi connectivity index (χ0) is 18.1. The quantitative estimate of drug-likeness (QED) is 0.685. The Labute approximate surface area is 155 Å². The molecule has 1 aliphatic heterocycles. The maximum absolute atomic E-state index is 13.3. The minimum absolute atomic E-state index is 0.210. The van der Waals surface area contributed by atoms with Gasteiger partial charge in [-0.25, -0.2) is 12.8 Å². The van der Waals surface area contributed by atoms with Gasteiger partial charge in [0, 0.05) is 13.1 Å². The molecular formula is C18H16FN3O2S2. The standard InChI is InChI=1S/C18H16FN3O2S2/c19-15-4-1-3-14(12-15)11-13-7-9-22(10-8-13)26(23,24)17-6-2-5-16-18(17)21-25-20-16/h1-6,11-12H,7-10H2. The molecule has 0 aliphatic carbocycles. The third-order valence-electron chi connectivity index (χ3n) is 4.45. The predicted octanol–water partition coefficient (Wildman–Crippen LogP) is 3.70. The third-order valence-corrected chi connectivity index (χ3v) is 6.92. The van der Waals surface area contributed by atoms with Gasteiger partial charge in [-0.15, -0.1) is 0 Å². The zero-order valence-corrected chi connectivity index (χ0v) is 15.4. The molecule has 2 aromatic carbocycles. The van der Waals surface area contributed by atoms with Crippen LogP contribution in [0.1, 0.15) is 18.4 Å². The van der Waals surface area contributed by atoms with E-state index in [0.717, 1.165) is 22.9 Å². The molecule has 5 nitrogen and oxygen atoms in total. The highest BCUT2D eigenvalue weighted by Crippen LogP contribution is 2.28. The summed E-state index contributed by atoms with van der Waals surface area (Å²) < 4.78 is 49.0. The second kappa shape index (κ2) is 6.86. The van der Waals surface area contributed by atoms with Crippen LogP contribution in [-0.2, 0) is 10.0 Å². The molecular weight excluding hydrogens is 373 g/mol. The first-order valence-corrected chi connectivity index (χ1v) is 10.4. The number of fused-ring (bicyclic) bond motifs is 1. The monoisotopic (exact) mass is 389 g/mol. The van der Waals surface area contributed by atoms with Crippen LogP contribution in [0.5, 0.6) is 0 Å². The molecule has 3 aromatic rings. The molecule has 1 saturated heterocycles. The number of rotatable bonds is 3. The third kappa shape index (κ3) is 3.27. The summed E-state index contributed by atoms with van der Waals surface area (Å²) in [6.45, 7) is 0.800. The first-order chi connectivity index (χ1) is 12.5. The number of benzene rings is 2. The summed E-state index contributed by atoms with van der Waals surface area (Å²) in [5.41, 5.74) is 2.95. The maximum Gasteiger partial charge on any atom is 0.245 e. The van der Waals surface area contributed by atoms with Gasteiger partial charge in [0.1, 0.15) is 21.7 Å². The number of hydrogen-bond acceptors (Lipinski definition) is 5. The van der Waals surface area contributed by atoms with Crippen LogP contribution in [0.2, 0.25) is 0 Å². The fourth-order valence-corrected chi connectivity index (χ4v) is 5.31. The van der Waals surface area contributed by atoms with Gasteiger partial charge < -0.3 is 0 Å². The summed E-state index contributed by atoms with van der Waals surface area (Å²) in [6.07, 6.45) is 3.19. The van der Waals surface area contributed by atoms with Gasteiger partial charge in [-0.05, 0) is 42.7 Å². The van der Waals surface area contributed by atoms with Crippen molar-refractivity contribution < 1.29 is 12.8 Å². The van der Waals surface area contributed by atoms with E-state index in [2.05, 4.69) is 8.75 Å². The second-order valence-corrected chi connectivity index (χ2v) is 8.58. The molecule has 0 unspecified atom stereocenters. The van der Waals surface area contributed by atoms with E-state index >= 15 is 0 Å². The molecule has 0 atom stereocenters. The number of aromatic nitrogens is 2. The molecule has 0 spiro atoms. The van der Waals surface area contributed by atoms with Crippen LogP contribution >= 0.6 is 11.7 Å². The summed E-state index contributed by atoms with van der Waals surface area (Å²) >= 11 is 1.01. The lowest BCUT2D eigenvalue weighted by molar-refractivity contribution is 0.388. The van der Waals surface area contributed by atoms with E-state index in [0.29, 0.717) is 37.0 Å². The number of sulfonamides is 1. The minimum atomic E-state index is -3.61.